The minimum atomic E-state index is -1.000. The molecule has 2 aliphatic carbocycles. The highest BCUT2D eigenvalue weighted by Gasteiger charge is 2.74. The molecule has 3 fully saturated rings. The number of fused-ring (bicyclic) bond motifs is 2. The molecule has 7 atom stereocenters. The predicted octanol–water partition coefficient (Wildman–Crippen LogP) is 2.20. The van der Waals surface area contributed by atoms with Crippen molar-refractivity contribution in [2.24, 2.45) is 16.7 Å². The number of hydrogen-bond donors (Lipinski definition) is 2. The van der Waals surface area contributed by atoms with E-state index in [4.69, 9.17) is 9.47 Å². The van der Waals surface area contributed by atoms with E-state index in [-0.39, 0.29) is 18.1 Å². The monoisotopic (exact) mass is 338 g/mol. The van der Waals surface area contributed by atoms with Gasteiger partial charge in [-0.1, -0.05) is 33.8 Å². The van der Waals surface area contributed by atoms with Crippen LogP contribution >= 0.6 is 0 Å². The predicted molar refractivity (Wildman–Crippen MR) is 89.2 cm³/mol. The second-order valence-electron chi connectivity index (χ2n) is 8.44. The van der Waals surface area contributed by atoms with Crippen molar-refractivity contribution in [2.75, 3.05) is 0 Å². The quantitative estimate of drug-likeness (QED) is 0.468. The first-order chi connectivity index (χ1) is 11.1. The summed E-state index contributed by atoms with van der Waals surface area (Å²) in [5.41, 5.74) is -2.30. The van der Waals surface area contributed by atoms with Gasteiger partial charge in [-0.25, -0.2) is 4.79 Å². The van der Waals surface area contributed by atoms with E-state index in [1.165, 1.54) is 6.08 Å². The molecular formula is C19H30O5. The summed E-state index contributed by atoms with van der Waals surface area (Å²) < 4.78 is 11.5. The Morgan fingerprint density at radius 3 is 2.58 bits per heavy atom. The van der Waals surface area contributed by atoms with Gasteiger partial charge in [-0.3, -0.25) is 0 Å². The first-order valence-electron chi connectivity index (χ1n) is 9.01. The number of rotatable bonds is 3. The highest BCUT2D eigenvalue weighted by Crippen LogP contribution is 2.68. The molecule has 1 saturated heterocycles. The lowest BCUT2D eigenvalue weighted by Gasteiger charge is -2.54. The minimum absolute atomic E-state index is 0.00482. The molecule has 0 radical (unpaired) electrons. The second kappa shape index (κ2) is 5.55. The largest absolute Gasteiger partial charge is 0.458 e. The van der Waals surface area contributed by atoms with E-state index in [1.807, 2.05) is 27.7 Å². The fourth-order valence-electron chi connectivity index (χ4n) is 5.37. The smallest absolute Gasteiger partial charge is 0.330 e. The van der Waals surface area contributed by atoms with E-state index in [1.54, 1.807) is 13.0 Å². The van der Waals surface area contributed by atoms with Crippen molar-refractivity contribution in [3.05, 3.63) is 12.2 Å². The summed E-state index contributed by atoms with van der Waals surface area (Å²) in [4.78, 5) is 12.1. The molecule has 1 heterocycles. The summed E-state index contributed by atoms with van der Waals surface area (Å²) in [7, 11) is 0. The van der Waals surface area contributed by atoms with Gasteiger partial charge in [0.1, 0.15) is 12.2 Å². The molecule has 24 heavy (non-hydrogen) atoms. The molecule has 2 saturated carbocycles. The van der Waals surface area contributed by atoms with Gasteiger partial charge in [0, 0.05) is 23.3 Å². The molecule has 0 aromatic rings. The van der Waals surface area contributed by atoms with Gasteiger partial charge in [0.15, 0.2) is 0 Å². The van der Waals surface area contributed by atoms with Crippen LogP contribution in [-0.2, 0) is 14.3 Å². The number of carbonyl (C=O) groups excluding carboxylic acids is 1. The molecule has 0 bridgehead atoms. The summed E-state index contributed by atoms with van der Waals surface area (Å²) >= 11 is 0. The third kappa shape index (κ3) is 2.14. The molecule has 1 aliphatic heterocycles. The van der Waals surface area contributed by atoms with Gasteiger partial charge in [-0.15, -0.1) is 0 Å². The minimum Gasteiger partial charge on any atom is -0.458 e. The summed E-state index contributed by atoms with van der Waals surface area (Å²) in [6, 6.07) is 0. The molecule has 0 aromatic carbocycles. The standard InChI is InChI=1S/C19H30O5/c1-6-7-14(20)24-13-10-12-15(23-12)16(21)17(4)8-9-19(22,11(2)3)18(13,17)5/h6-7,11-13,15-16,21-22H,8-10H2,1-5H3. The first-order valence-corrected chi connectivity index (χ1v) is 9.01. The molecule has 7 unspecified atom stereocenters. The van der Waals surface area contributed by atoms with E-state index < -0.39 is 34.6 Å². The number of hydrogen-bond acceptors (Lipinski definition) is 5. The highest BCUT2D eigenvalue weighted by molar-refractivity contribution is 5.82. The van der Waals surface area contributed by atoms with Crippen LogP contribution in [0, 0.1) is 16.7 Å². The number of epoxide rings is 1. The van der Waals surface area contributed by atoms with Crippen LogP contribution in [0.3, 0.4) is 0 Å². The number of ether oxygens (including phenoxy) is 2. The number of aliphatic hydroxyl groups is 2. The summed E-state index contributed by atoms with van der Waals surface area (Å²) in [6.07, 6.45) is 3.37. The molecule has 2 N–H and O–H groups in total. The maximum Gasteiger partial charge on any atom is 0.330 e. The molecule has 5 nitrogen and oxygen atoms in total. The van der Waals surface area contributed by atoms with E-state index in [9.17, 15) is 15.0 Å². The molecule has 136 valence electrons. The van der Waals surface area contributed by atoms with Crippen molar-refractivity contribution in [1.82, 2.24) is 0 Å². The Morgan fingerprint density at radius 1 is 1.33 bits per heavy atom. The van der Waals surface area contributed by atoms with E-state index >= 15 is 0 Å². The van der Waals surface area contributed by atoms with Gasteiger partial charge in [0.25, 0.3) is 0 Å². The number of esters is 1. The van der Waals surface area contributed by atoms with Gasteiger partial charge >= 0.3 is 5.97 Å². The summed E-state index contributed by atoms with van der Waals surface area (Å²) in [6.45, 7) is 9.76. The normalized spacial score (nSPS) is 50.5. The highest BCUT2D eigenvalue weighted by atomic mass is 16.6. The van der Waals surface area contributed by atoms with Gasteiger partial charge in [0.05, 0.1) is 17.8 Å². The van der Waals surface area contributed by atoms with Crippen LogP contribution in [0.1, 0.15) is 53.9 Å². The van der Waals surface area contributed by atoms with Gasteiger partial charge in [0.2, 0.25) is 0 Å². The maximum absolute atomic E-state index is 12.1. The molecular weight excluding hydrogens is 308 g/mol. The van der Waals surface area contributed by atoms with E-state index in [0.29, 0.717) is 19.3 Å². The lowest BCUT2D eigenvalue weighted by Crippen LogP contribution is -2.62. The first kappa shape index (κ1) is 17.9. The molecule has 0 amide bonds. The zero-order valence-electron chi connectivity index (χ0n) is 15.3. The number of allylic oxidation sites excluding steroid dienone is 1. The lowest BCUT2D eigenvalue weighted by atomic mass is 9.55. The van der Waals surface area contributed by atoms with Crippen LogP contribution < -0.4 is 0 Å². The van der Waals surface area contributed by atoms with Crippen LogP contribution in [0.5, 0.6) is 0 Å². The van der Waals surface area contributed by atoms with Gasteiger partial charge in [-0.05, 0) is 25.7 Å². The van der Waals surface area contributed by atoms with Gasteiger partial charge in [-0.2, -0.15) is 0 Å². The zero-order valence-corrected chi connectivity index (χ0v) is 15.3. The fourth-order valence-corrected chi connectivity index (χ4v) is 5.37. The Kier molecular flexibility index (Phi) is 4.14. The van der Waals surface area contributed by atoms with Crippen LogP contribution in [0.15, 0.2) is 12.2 Å². The average Bonchev–Trinajstić information content (AvgIpc) is 3.24. The Morgan fingerprint density at radius 2 is 2.00 bits per heavy atom. The third-order valence-electron chi connectivity index (χ3n) is 7.30. The van der Waals surface area contributed by atoms with Crippen molar-refractivity contribution in [3.8, 4) is 0 Å². The van der Waals surface area contributed by atoms with Crippen LogP contribution in [0.2, 0.25) is 0 Å². The molecule has 3 aliphatic rings. The van der Waals surface area contributed by atoms with E-state index in [2.05, 4.69) is 0 Å². The molecule has 5 heteroatoms. The summed E-state index contributed by atoms with van der Waals surface area (Å²) in [5.74, 6) is -0.410. The van der Waals surface area contributed by atoms with Crippen LogP contribution in [-0.4, -0.2) is 46.2 Å². The zero-order chi connectivity index (χ0) is 17.9. The number of carbonyl (C=O) groups is 1. The third-order valence-corrected chi connectivity index (χ3v) is 7.30. The fraction of sp³-hybridized carbons (Fsp3) is 0.842. The SMILES string of the molecule is CC=CC(=O)OC1CC2OC2C(O)C2(C)CCC(O)(C(C)C)C12C. The van der Waals surface area contributed by atoms with Crippen molar-refractivity contribution in [3.63, 3.8) is 0 Å². The second-order valence-corrected chi connectivity index (χ2v) is 8.44. The van der Waals surface area contributed by atoms with Crippen LogP contribution in [0.25, 0.3) is 0 Å². The Labute approximate surface area is 144 Å². The van der Waals surface area contributed by atoms with Crippen molar-refractivity contribution >= 4 is 5.97 Å². The lowest BCUT2D eigenvalue weighted by molar-refractivity contribution is -0.213. The Hall–Kier alpha value is -0.910. The molecule has 3 rings (SSSR count). The van der Waals surface area contributed by atoms with Crippen molar-refractivity contribution in [2.45, 2.75) is 83.9 Å². The number of aliphatic hydroxyl groups excluding tert-OH is 1. The topological polar surface area (TPSA) is 79.3 Å². The molecule has 0 spiro atoms. The van der Waals surface area contributed by atoms with E-state index in [0.717, 1.165) is 0 Å². The molecule has 0 aromatic heterocycles. The average molecular weight is 338 g/mol. The van der Waals surface area contributed by atoms with Crippen molar-refractivity contribution in [1.29, 1.82) is 0 Å². The van der Waals surface area contributed by atoms with Gasteiger partial charge < -0.3 is 19.7 Å². The maximum atomic E-state index is 12.1. The van der Waals surface area contributed by atoms with Crippen molar-refractivity contribution < 1.29 is 24.5 Å². The Bertz CT molecular complexity index is 558. The summed E-state index contributed by atoms with van der Waals surface area (Å²) in [5, 5.41) is 22.6. The van der Waals surface area contributed by atoms with Crippen LogP contribution in [0.4, 0.5) is 0 Å². The Balaban J connectivity index is 2.07.